The van der Waals surface area contributed by atoms with Crippen LogP contribution in [0.25, 0.3) is 11.1 Å². The summed E-state index contributed by atoms with van der Waals surface area (Å²) in [5.74, 6) is -1.65. The first-order chi connectivity index (χ1) is 16.4. The molecule has 2 amide bonds. The number of fused-ring (bicyclic) bond motifs is 3. The van der Waals surface area contributed by atoms with E-state index in [1.807, 2.05) is 38.1 Å². The number of carboxylic acids is 1. The molecule has 34 heavy (non-hydrogen) atoms. The number of rotatable bonds is 8. The number of carbonyl (C=O) groups is 3. The summed E-state index contributed by atoms with van der Waals surface area (Å²) < 4.78 is 5.64. The smallest absolute Gasteiger partial charge is 0.407 e. The maximum atomic E-state index is 12.8. The van der Waals surface area contributed by atoms with E-state index in [1.54, 1.807) is 4.90 Å². The van der Waals surface area contributed by atoms with Gasteiger partial charge in [0, 0.05) is 31.5 Å². The van der Waals surface area contributed by atoms with Crippen LogP contribution in [0, 0.1) is 11.8 Å². The average molecular weight is 465 g/mol. The van der Waals surface area contributed by atoms with Crippen LogP contribution < -0.4 is 5.32 Å². The van der Waals surface area contributed by atoms with Crippen LogP contribution in [0.1, 0.15) is 50.2 Å². The molecule has 180 valence electrons. The van der Waals surface area contributed by atoms with E-state index in [0.717, 1.165) is 17.5 Å². The number of alkyl carbamates (subject to hydrolysis) is 1. The first kappa shape index (κ1) is 23.8. The maximum absolute atomic E-state index is 12.8. The predicted octanol–water partition coefficient (Wildman–Crippen LogP) is 4.26. The van der Waals surface area contributed by atoms with Crippen LogP contribution in [0.4, 0.5) is 4.79 Å². The Kier molecular flexibility index (Phi) is 7.20. The summed E-state index contributed by atoms with van der Waals surface area (Å²) in [5, 5.41) is 12.2. The SMILES string of the molecule is CCCC(CC(=O)N1CC(C)C(C(=O)O)C1)NC(=O)OCC1c2ccccc2-c2ccccc21. The molecule has 1 fully saturated rings. The fraction of sp³-hybridized carbons (Fsp3) is 0.444. The van der Waals surface area contributed by atoms with Crippen molar-refractivity contribution < 1.29 is 24.2 Å². The van der Waals surface area contributed by atoms with Gasteiger partial charge in [0.15, 0.2) is 0 Å². The van der Waals surface area contributed by atoms with Gasteiger partial charge in [-0.05, 0) is 34.6 Å². The van der Waals surface area contributed by atoms with E-state index >= 15 is 0 Å². The highest BCUT2D eigenvalue weighted by atomic mass is 16.5. The molecule has 3 unspecified atom stereocenters. The molecule has 2 N–H and O–H groups in total. The van der Waals surface area contributed by atoms with E-state index in [1.165, 1.54) is 11.1 Å². The number of nitrogens with one attached hydrogen (secondary N) is 1. The van der Waals surface area contributed by atoms with Crippen molar-refractivity contribution in [3.63, 3.8) is 0 Å². The predicted molar refractivity (Wildman–Crippen MR) is 128 cm³/mol. The number of likely N-dealkylation sites (tertiary alicyclic amines) is 1. The molecule has 2 aromatic carbocycles. The number of benzene rings is 2. The van der Waals surface area contributed by atoms with Gasteiger partial charge in [-0.2, -0.15) is 0 Å². The minimum atomic E-state index is -0.871. The number of hydrogen-bond donors (Lipinski definition) is 2. The van der Waals surface area contributed by atoms with Gasteiger partial charge < -0.3 is 20.1 Å². The van der Waals surface area contributed by atoms with E-state index in [-0.39, 0.29) is 43.4 Å². The Morgan fingerprint density at radius 1 is 1.06 bits per heavy atom. The highest BCUT2D eigenvalue weighted by molar-refractivity contribution is 5.81. The van der Waals surface area contributed by atoms with Gasteiger partial charge in [-0.1, -0.05) is 68.8 Å². The Morgan fingerprint density at radius 3 is 2.24 bits per heavy atom. The lowest BCUT2D eigenvalue weighted by molar-refractivity contribution is -0.142. The van der Waals surface area contributed by atoms with Gasteiger partial charge in [0.1, 0.15) is 6.61 Å². The summed E-state index contributed by atoms with van der Waals surface area (Å²) in [6.07, 6.45) is 1.04. The molecule has 7 heteroatoms. The molecule has 2 aliphatic rings. The minimum Gasteiger partial charge on any atom is -0.481 e. The molecule has 1 saturated heterocycles. The third kappa shape index (κ3) is 4.93. The summed E-state index contributed by atoms with van der Waals surface area (Å²) in [6, 6.07) is 16.0. The zero-order valence-corrected chi connectivity index (χ0v) is 19.7. The van der Waals surface area contributed by atoms with Gasteiger partial charge in [-0.15, -0.1) is 0 Å². The van der Waals surface area contributed by atoms with Crippen LogP contribution in [-0.2, 0) is 14.3 Å². The van der Waals surface area contributed by atoms with E-state index in [0.29, 0.717) is 13.0 Å². The summed E-state index contributed by atoms with van der Waals surface area (Å²) in [7, 11) is 0. The van der Waals surface area contributed by atoms with E-state index < -0.39 is 18.0 Å². The molecule has 3 atom stereocenters. The van der Waals surface area contributed by atoms with Crippen LogP contribution in [0.5, 0.6) is 0 Å². The fourth-order valence-corrected chi connectivity index (χ4v) is 5.21. The highest BCUT2D eigenvalue weighted by Gasteiger charge is 2.37. The largest absolute Gasteiger partial charge is 0.481 e. The zero-order chi connectivity index (χ0) is 24.2. The standard InChI is InChI=1S/C27H32N2O5/c1-3-8-18(13-25(30)29-14-17(2)23(15-29)26(31)32)28-27(33)34-16-24-21-11-6-4-9-19(21)20-10-5-7-12-22(20)24/h4-7,9-12,17-18,23-24H,3,8,13-16H2,1-2H3,(H,28,33)(H,31,32). The second-order valence-corrected chi connectivity index (χ2v) is 9.38. The molecule has 0 saturated carbocycles. The van der Waals surface area contributed by atoms with E-state index in [9.17, 15) is 19.5 Å². The quantitative estimate of drug-likeness (QED) is 0.609. The molecular formula is C27H32N2O5. The third-order valence-corrected chi connectivity index (χ3v) is 7.01. The minimum absolute atomic E-state index is 0.0246. The Morgan fingerprint density at radius 2 is 1.68 bits per heavy atom. The third-order valence-electron chi connectivity index (χ3n) is 7.01. The molecule has 1 heterocycles. The number of hydrogen-bond acceptors (Lipinski definition) is 4. The molecule has 2 aromatic rings. The lowest BCUT2D eigenvalue weighted by Crippen LogP contribution is -2.41. The summed E-state index contributed by atoms with van der Waals surface area (Å²) in [4.78, 5) is 38.5. The van der Waals surface area contributed by atoms with Gasteiger partial charge in [0.05, 0.1) is 5.92 Å². The van der Waals surface area contributed by atoms with Crippen LogP contribution in [0.2, 0.25) is 0 Å². The first-order valence-electron chi connectivity index (χ1n) is 12.0. The second-order valence-electron chi connectivity index (χ2n) is 9.38. The Labute approximate surface area is 200 Å². The van der Waals surface area contributed by atoms with Crippen molar-refractivity contribution >= 4 is 18.0 Å². The van der Waals surface area contributed by atoms with Crippen molar-refractivity contribution in [2.45, 2.75) is 45.1 Å². The number of ether oxygens (including phenoxy) is 1. The van der Waals surface area contributed by atoms with Crippen LogP contribution in [0.3, 0.4) is 0 Å². The van der Waals surface area contributed by atoms with Crippen molar-refractivity contribution in [2.75, 3.05) is 19.7 Å². The van der Waals surface area contributed by atoms with Crippen molar-refractivity contribution in [1.29, 1.82) is 0 Å². The molecule has 0 bridgehead atoms. The highest BCUT2D eigenvalue weighted by Crippen LogP contribution is 2.44. The maximum Gasteiger partial charge on any atom is 0.407 e. The Bertz CT molecular complexity index is 1020. The second kappa shape index (κ2) is 10.3. The molecule has 7 nitrogen and oxygen atoms in total. The number of nitrogens with zero attached hydrogens (tertiary/aromatic N) is 1. The van der Waals surface area contributed by atoms with Crippen molar-refractivity contribution in [3.05, 3.63) is 59.7 Å². The van der Waals surface area contributed by atoms with E-state index in [2.05, 4.69) is 29.6 Å². The van der Waals surface area contributed by atoms with Crippen LogP contribution in [0.15, 0.2) is 48.5 Å². The number of carboxylic acid groups (broad SMARTS) is 1. The topological polar surface area (TPSA) is 95.9 Å². The Hall–Kier alpha value is -3.35. The fourth-order valence-electron chi connectivity index (χ4n) is 5.21. The average Bonchev–Trinajstić information content (AvgIpc) is 3.36. The Balaban J connectivity index is 1.35. The summed E-state index contributed by atoms with van der Waals surface area (Å²) in [6.45, 7) is 4.72. The lowest BCUT2D eigenvalue weighted by atomic mass is 9.98. The van der Waals surface area contributed by atoms with Gasteiger partial charge in [-0.25, -0.2) is 4.79 Å². The zero-order valence-electron chi connectivity index (χ0n) is 19.7. The number of amides is 2. The van der Waals surface area contributed by atoms with Crippen molar-refractivity contribution in [1.82, 2.24) is 10.2 Å². The van der Waals surface area contributed by atoms with E-state index in [4.69, 9.17) is 4.74 Å². The molecule has 0 aromatic heterocycles. The molecule has 1 aliphatic heterocycles. The molecule has 1 aliphatic carbocycles. The molecule has 0 radical (unpaired) electrons. The number of aliphatic carboxylic acids is 1. The molecule has 4 rings (SSSR count). The van der Waals surface area contributed by atoms with Crippen LogP contribution >= 0.6 is 0 Å². The number of carbonyl (C=O) groups excluding carboxylic acids is 2. The monoisotopic (exact) mass is 464 g/mol. The van der Waals surface area contributed by atoms with Crippen molar-refractivity contribution in [3.8, 4) is 11.1 Å². The van der Waals surface area contributed by atoms with Gasteiger partial charge >= 0.3 is 12.1 Å². The van der Waals surface area contributed by atoms with Crippen LogP contribution in [-0.4, -0.2) is 53.7 Å². The normalized spacial score (nSPS) is 19.9. The first-order valence-corrected chi connectivity index (χ1v) is 12.0. The van der Waals surface area contributed by atoms with Gasteiger partial charge in [0.25, 0.3) is 0 Å². The summed E-state index contributed by atoms with van der Waals surface area (Å²) in [5.41, 5.74) is 4.63. The summed E-state index contributed by atoms with van der Waals surface area (Å²) >= 11 is 0. The van der Waals surface area contributed by atoms with Gasteiger partial charge in [0.2, 0.25) is 5.91 Å². The van der Waals surface area contributed by atoms with Crippen molar-refractivity contribution in [2.24, 2.45) is 11.8 Å². The lowest BCUT2D eigenvalue weighted by Gasteiger charge is -2.22. The van der Waals surface area contributed by atoms with Gasteiger partial charge in [-0.3, -0.25) is 9.59 Å². The molecular weight excluding hydrogens is 432 g/mol. The molecule has 0 spiro atoms.